The Kier molecular flexibility index (Phi) is 5.11. The van der Waals surface area contributed by atoms with Crippen molar-refractivity contribution >= 4 is 11.8 Å². The number of nitrogens with two attached hydrogens (primary N) is 1. The van der Waals surface area contributed by atoms with E-state index in [2.05, 4.69) is 9.97 Å². The number of aryl methyl sites for hydroxylation is 1. The van der Waals surface area contributed by atoms with Crippen molar-refractivity contribution in [3.05, 3.63) is 53.4 Å². The van der Waals surface area contributed by atoms with Crippen LogP contribution in [0.4, 0.5) is 4.39 Å². The summed E-state index contributed by atoms with van der Waals surface area (Å²) in [6, 6.07) is 5.23. The first-order chi connectivity index (χ1) is 12.5. The first-order valence-corrected chi connectivity index (χ1v) is 8.27. The van der Waals surface area contributed by atoms with Gasteiger partial charge in [-0.3, -0.25) is 9.59 Å². The lowest BCUT2D eigenvalue weighted by Gasteiger charge is -2.24. The normalized spacial score (nSPS) is 16.5. The van der Waals surface area contributed by atoms with Gasteiger partial charge in [0.15, 0.2) is 12.4 Å². The van der Waals surface area contributed by atoms with Crippen LogP contribution in [-0.2, 0) is 4.79 Å². The number of ether oxygens (including phenoxy) is 1. The molecule has 2 amide bonds. The molecule has 7 nitrogen and oxygen atoms in total. The van der Waals surface area contributed by atoms with E-state index in [9.17, 15) is 14.0 Å². The molecular weight excluding hydrogens is 339 g/mol. The second-order valence-electron chi connectivity index (χ2n) is 6.08. The molecule has 1 fully saturated rings. The van der Waals surface area contributed by atoms with E-state index < -0.39 is 5.91 Å². The molecule has 1 aromatic carbocycles. The van der Waals surface area contributed by atoms with Crippen LogP contribution in [-0.4, -0.2) is 39.8 Å². The zero-order valence-corrected chi connectivity index (χ0v) is 14.3. The molecule has 1 aliphatic rings. The first-order valence-electron chi connectivity index (χ1n) is 8.27. The Morgan fingerprint density at radius 2 is 2.08 bits per heavy atom. The van der Waals surface area contributed by atoms with Crippen molar-refractivity contribution in [2.45, 2.75) is 25.8 Å². The zero-order valence-electron chi connectivity index (χ0n) is 14.3. The van der Waals surface area contributed by atoms with E-state index in [1.807, 2.05) is 0 Å². The zero-order chi connectivity index (χ0) is 18.7. The number of rotatable bonds is 5. The van der Waals surface area contributed by atoms with Crippen LogP contribution in [0.25, 0.3) is 0 Å². The Balaban J connectivity index is 1.69. The van der Waals surface area contributed by atoms with Gasteiger partial charge in [-0.1, -0.05) is 0 Å². The van der Waals surface area contributed by atoms with Crippen molar-refractivity contribution < 1.29 is 18.7 Å². The average molecular weight is 358 g/mol. The molecule has 1 aliphatic heterocycles. The van der Waals surface area contributed by atoms with Gasteiger partial charge < -0.3 is 15.4 Å². The van der Waals surface area contributed by atoms with E-state index in [-0.39, 0.29) is 29.9 Å². The summed E-state index contributed by atoms with van der Waals surface area (Å²) in [5.41, 5.74) is 6.03. The highest BCUT2D eigenvalue weighted by Gasteiger charge is 2.32. The Labute approximate surface area is 150 Å². The van der Waals surface area contributed by atoms with E-state index in [0.717, 1.165) is 12.8 Å². The van der Waals surface area contributed by atoms with Crippen molar-refractivity contribution in [1.29, 1.82) is 0 Å². The summed E-state index contributed by atoms with van der Waals surface area (Å²) in [5, 5.41) is 0. The van der Waals surface area contributed by atoms with E-state index in [1.165, 1.54) is 30.5 Å². The summed E-state index contributed by atoms with van der Waals surface area (Å²) in [5.74, 6) is -0.234. The standard InChI is InChI=1S/C18H19FN4O3/c1-11-14(17(20)25)9-21-18(22-11)15-3-2-8-23(15)16(24)10-26-13-6-4-12(19)5-7-13/h4-7,9,15H,2-3,8,10H2,1H3,(H2,20,25)/t15-/m1/s1. The van der Waals surface area contributed by atoms with E-state index in [4.69, 9.17) is 10.5 Å². The predicted octanol–water partition coefficient (Wildman–Crippen LogP) is 1.77. The average Bonchev–Trinajstić information content (AvgIpc) is 3.10. The van der Waals surface area contributed by atoms with Gasteiger partial charge in [0.05, 0.1) is 17.3 Å². The van der Waals surface area contributed by atoms with Gasteiger partial charge in [0.25, 0.3) is 11.8 Å². The van der Waals surface area contributed by atoms with Crippen molar-refractivity contribution in [3.63, 3.8) is 0 Å². The number of hydrogen-bond acceptors (Lipinski definition) is 5. The quantitative estimate of drug-likeness (QED) is 0.878. The minimum absolute atomic E-state index is 0.152. The van der Waals surface area contributed by atoms with Gasteiger partial charge in [0.1, 0.15) is 11.6 Å². The van der Waals surface area contributed by atoms with Crippen LogP contribution >= 0.6 is 0 Å². The maximum atomic E-state index is 12.9. The molecule has 1 saturated heterocycles. The summed E-state index contributed by atoms with van der Waals surface area (Å²) in [6.45, 7) is 2.11. The molecule has 1 atom stereocenters. The highest BCUT2D eigenvalue weighted by atomic mass is 19.1. The number of likely N-dealkylation sites (tertiary alicyclic amines) is 1. The lowest BCUT2D eigenvalue weighted by atomic mass is 10.1. The minimum atomic E-state index is -0.582. The second kappa shape index (κ2) is 7.47. The lowest BCUT2D eigenvalue weighted by molar-refractivity contribution is -0.134. The number of primary amides is 1. The van der Waals surface area contributed by atoms with Crippen LogP contribution < -0.4 is 10.5 Å². The third-order valence-electron chi connectivity index (χ3n) is 4.31. The van der Waals surface area contributed by atoms with E-state index in [1.54, 1.807) is 11.8 Å². The topological polar surface area (TPSA) is 98.4 Å². The maximum absolute atomic E-state index is 12.9. The smallest absolute Gasteiger partial charge is 0.261 e. The van der Waals surface area contributed by atoms with Gasteiger partial charge in [-0.15, -0.1) is 0 Å². The van der Waals surface area contributed by atoms with Crippen LogP contribution in [0, 0.1) is 12.7 Å². The number of nitrogens with zero attached hydrogens (tertiary/aromatic N) is 3. The molecule has 0 bridgehead atoms. The fourth-order valence-corrected chi connectivity index (χ4v) is 2.98. The summed E-state index contributed by atoms with van der Waals surface area (Å²) in [4.78, 5) is 34.1. The van der Waals surface area contributed by atoms with Gasteiger partial charge in [-0.25, -0.2) is 14.4 Å². The Bertz CT molecular complexity index is 826. The molecule has 0 spiro atoms. The van der Waals surface area contributed by atoms with Crippen molar-refractivity contribution in [1.82, 2.24) is 14.9 Å². The van der Waals surface area contributed by atoms with Gasteiger partial charge in [-0.2, -0.15) is 0 Å². The predicted molar refractivity (Wildman–Crippen MR) is 90.9 cm³/mol. The molecule has 8 heteroatoms. The Morgan fingerprint density at radius 3 is 2.73 bits per heavy atom. The highest BCUT2D eigenvalue weighted by Crippen LogP contribution is 2.30. The van der Waals surface area contributed by atoms with Gasteiger partial charge >= 0.3 is 0 Å². The molecule has 2 heterocycles. The van der Waals surface area contributed by atoms with Gasteiger partial charge in [-0.05, 0) is 44.0 Å². The number of carbonyl (C=O) groups excluding carboxylic acids is 2. The van der Waals surface area contributed by atoms with E-state index in [0.29, 0.717) is 23.8 Å². The third kappa shape index (κ3) is 3.79. The molecule has 0 aliphatic carbocycles. The molecule has 0 radical (unpaired) electrons. The number of benzene rings is 1. The molecule has 0 unspecified atom stereocenters. The van der Waals surface area contributed by atoms with Gasteiger partial charge in [0.2, 0.25) is 0 Å². The van der Waals surface area contributed by atoms with Crippen LogP contribution in [0.1, 0.15) is 40.8 Å². The number of halogens is 1. The van der Waals surface area contributed by atoms with Gasteiger partial charge in [0, 0.05) is 12.7 Å². The summed E-state index contributed by atoms with van der Waals surface area (Å²) < 4.78 is 18.3. The van der Waals surface area contributed by atoms with Crippen molar-refractivity contribution in [2.24, 2.45) is 5.73 Å². The Hall–Kier alpha value is -3.03. The fraction of sp³-hybridized carbons (Fsp3) is 0.333. The van der Waals surface area contributed by atoms with Crippen LogP contribution in [0.2, 0.25) is 0 Å². The highest BCUT2D eigenvalue weighted by molar-refractivity contribution is 5.93. The molecule has 1 aromatic heterocycles. The molecule has 136 valence electrons. The fourth-order valence-electron chi connectivity index (χ4n) is 2.98. The summed E-state index contributed by atoms with van der Waals surface area (Å²) in [7, 11) is 0. The Morgan fingerprint density at radius 1 is 1.35 bits per heavy atom. The van der Waals surface area contributed by atoms with Crippen molar-refractivity contribution in [2.75, 3.05) is 13.2 Å². The van der Waals surface area contributed by atoms with Crippen LogP contribution in [0.5, 0.6) is 5.75 Å². The SMILES string of the molecule is Cc1nc([C@H]2CCCN2C(=O)COc2ccc(F)cc2)ncc1C(N)=O. The summed E-state index contributed by atoms with van der Waals surface area (Å²) >= 11 is 0. The number of aromatic nitrogens is 2. The second-order valence-corrected chi connectivity index (χ2v) is 6.08. The molecule has 0 saturated carbocycles. The largest absolute Gasteiger partial charge is 0.484 e. The molecule has 2 aromatic rings. The number of hydrogen-bond donors (Lipinski definition) is 1. The monoisotopic (exact) mass is 358 g/mol. The number of carbonyl (C=O) groups is 2. The number of amides is 2. The third-order valence-corrected chi connectivity index (χ3v) is 4.31. The summed E-state index contributed by atoms with van der Waals surface area (Å²) in [6.07, 6.45) is 2.96. The minimum Gasteiger partial charge on any atom is -0.484 e. The van der Waals surface area contributed by atoms with Crippen LogP contribution in [0.3, 0.4) is 0 Å². The van der Waals surface area contributed by atoms with Crippen molar-refractivity contribution in [3.8, 4) is 5.75 Å². The lowest BCUT2D eigenvalue weighted by Crippen LogP contribution is -2.35. The van der Waals surface area contributed by atoms with E-state index >= 15 is 0 Å². The molecular formula is C18H19FN4O3. The first kappa shape index (κ1) is 17.8. The van der Waals surface area contributed by atoms with Crippen LogP contribution in [0.15, 0.2) is 30.5 Å². The molecule has 2 N–H and O–H groups in total. The molecule has 26 heavy (non-hydrogen) atoms. The molecule has 3 rings (SSSR count). The maximum Gasteiger partial charge on any atom is 0.261 e.